The van der Waals surface area contributed by atoms with Crippen molar-refractivity contribution in [3.63, 3.8) is 0 Å². The van der Waals surface area contributed by atoms with Crippen molar-refractivity contribution >= 4 is 5.78 Å². The molecule has 0 aromatic carbocycles. The minimum absolute atomic E-state index is 0.529. The molecule has 0 heterocycles. The second-order valence-corrected chi connectivity index (χ2v) is 4.83. The molecule has 4 atom stereocenters. The highest BCUT2D eigenvalue weighted by molar-refractivity contribution is 5.84. The van der Waals surface area contributed by atoms with E-state index < -0.39 is 0 Å². The molecule has 1 nitrogen and oxygen atoms in total. The third kappa shape index (κ3) is 0.681. The lowest BCUT2D eigenvalue weighted by molar-refractivity contribution is -0.120. The molecule has 0 aromatic heterocycles. The zero-order chi connectivity index (χ0) is 8.29. The van der Waals surface area contributed by atoms with Crippen LogP contribution < -0.4 is 0 Å². The quantitative estimate of drug-likeness (QED) is 0.612. The average molecular weight is 164 g/mol. The fourth-order valence-corrected chi connectivity index (χ4v) is 3.99. The van der Waals surface area contributed by atoms with E-state index in [9.17, 15) is 4.79 Å². The summed E-state index contributed by atoms with van der Waals surface area (Å²) >= 11 is 0. The molecule has 3 aliphatic rings. The van der Waals surface area contributed by atoms with Crippen molar-refractivity contribution in [2.45, 2.75) is 32.6 Å². The number of ketones is 1. The monoisotopic (exact) mass is 164 g/mol. The molecule has 12 heavy (non-hydrogen) atoms. The summed E-state index contributed by atoms with van der Waals surface area (Å²) < 4.78 is 0. The van der Waals surface area contributed by atoms with Gasteiger partial charge in [0.2, 0.25) is 0 Å². The zero-order valence-corrected chi connectivity index (χ0v) is 7.62. The highest BCUT2D eigenvalue weighted by Gasteiger charge is 2.66. The third-order valence-electron chi connectivity index (χ3n) is 4.46. The summed E-state index contributed by atoms with van der Waals surface area (Å²) in [5, 5.41) is 0. The van der Waals surface area contributed by atoms with Gasteiger partial charge in [-0.15, -0.1) is 0 Å². The van der Waals surface area contributed by atoms with Crippen LogP contribution in [0.3, 0.4) is 0 Å². The molecule has 0 amide bonds. The van der Waals surface area contributed by atoms with Crippen LogP contribution in [0.5, 0.6) is 0 Å². The number of carbonyl (C=O) groups excluding carboxylic acids is 1. The van der Waals surface area contributed by atoms with Crippen molar-refractivity contribution in [1.29, 1.82) is 0 Å². The van der Waals surface area contributed by atoms with E-state index in [0.29, 0.717) is 11.7 Å². The van der Waals surface area contributed by atoms with Crippen LogP contribution in [0.15, 0.2) is 0 Å². The van der Waals surface area contributed by atoms with Crippen LogP contribution in [-0.2, 0) is 4.79 Å². The summed E-state index contributed by atoms with van der Waals surface area (Å²) in [6.07, 6.45) is 5.10. The van der Waals surface area contributed by atoms with Gasteiger partial charge in [-0.1, -0.05) is 6.92 Å². The van der Waals surface area contributed by atoms with Crippen molar-refractivity contribution in [2.75, 3.05) is 0 Å². The standard InChI is InChI=1S/C11H16O/c1-2-8(12)11-9-6-3-4-7(5-6)10(9)11/h6-7,9-11H,2-5H2,1H3. The molecule has 2 bridgehead atoms. The van der Waals surface area contributed by atoms with Crippen LogP contribution in [0.2, 0.25) is 0 Å². The van der Waals surface area contributed by atoms with Gasteiger partial charge in [-0.05, 0) is 42.9 Å². The number of Topliss-reactive ketones (excluding diaryl/α,β-unsaturated/α-hetero) is 1. The Balaban J connectivity index is 1.78. The number of fused-ring (bicyclic) bond motifs is 5. The summed E-state index contributed by atoms with van der Waals surface area (Å²) in [6, 6.07) is 0. The van der Waals surface area contributed by atoms with Gasteiger partial charge < -0.3 is 0 Å². The fourth-order valence-electron chi connectivity index (χ4n) is 3.99. The van der Waals surface area contributed by atoms with Gasteiger partial charge in [-0.3, -0.25) is 4.79 Å². The first kappa shape index (κ1) is 7.11. The minimum Gasteiger partial charge on any atom is -0.299 e. The van der Waals surface area contributed by atoms with Gasteiger partial charge in [0.05, 0.1) is 0 Å². The molecule has 3 fully saturated rings. The fraction of sp³-hybridized carbons (Fsp3) is 0.909. The van der Waals surface area contributed by atoms with Crippen LogP contribution in [0.25, 0.3) is 0 Å². The molecular weight excluding hydrogens is 148 g/mol. The molecule has 3 aliphatic carbocycles. The molecule has 66 valence electrons. The number of rotatable bonds is 2. The minimum atomic E-state index is 0.529. The van der Waals surface area contributed by atoms with Crippen LogP contribution in [0.4, 0.5) is 0 Å². The molecule has 0 spiro atoms. The van der Waals surface area contributed by atoms with E-state index in [-0.39, 0.29) is 0 Å². The Labute approximate surface area is 73.5 Å². The Morgan fingerprint density at radius 1 is 1.25 bits per heavy atom. The number of hydrogen-bond donors (Lipinski definition) is 0. The predicted molar refractivity (Wildman–Crippen MR) is 46.6 cm³/mol. The average Bonchev–Trinajstić information content (AvgIpc) is 2.53. The molecule has 0 N–H and O–H groups in total. The molecule has 4 unspecified atom stereocenters. The topological polar surface area (TPSA) is 17.1 Å². The highest BCUT2D eigenvalue weighted by atomic mass is 16.1. The third-order valence-corrected chi connectivity index (χ3v) is 4.46. The van der Waals surface area contributed by atoms with Gasteiger partial charge in [-0.2, -0.15) is 0 Å². The van der Waals surface area contributed by atoms with Gasteiger partial charge in [0.15, 0.2) is 0 Å². The van der Waals surface area contributed by atoms with Gasteiger partial charge in [0, 0.05) is 12.3 Å². The van der Waals surface area contributed by atoms with Gasteiger partial charge in [0.25, 0.3) is 0 Å². The Morgan fingerprint density at radius 2 is 1.83 bits per heavy atom. The van der Waals surface area contributed by atoms with Crippen LogP contribution >= 0.6 is 0 Å². The summed E-state index contributed by atoms with van der Waals surface area (Å²) in [4.78, 5) is 11.5. The van der Waals surface area contributed by atoms with Crippen LogP contribution in [0, 0.1) is 29.6 Å². The van der Waals surface area contributed by atoms with Gasteiger partial charge in [0.1, 0.15) is 5.78 Å². The summed E-state index contributed by atoms with van der Waals surface area (Å²) in [6.45, 7) is 2.01. The number of carbonyl (C=O) groups is 1. The van der Waals surface area contributed by atoms with E-state index in [2.05, 4.69) is 0 Å². The maximum absolute atomic E-state index is 11.5. The van der Waals surface area contributed by atoms with Crippen molar-refractivity contribution in [2.24, 2.45) is 29.6 Å². The predicted octanol–water partition coefficient (Wildman–Crippen LogP) is 2.26. The Bertz CT molecular complexity index is 217. The smallest absolute Gasteiger partial charge is 0.136 e. The Hall–Kier alpha value is -0.330. The Kier molecular flexibility index (Phi) is 1.26. The largest absolute Gasteiger partial charge is 0.299 e. The van der Waals surface area contributed by atoms with E-state index in [1.54, 1.807) is 0 Å². The van der Waals surface area contributed by atoms with E-state index in [1.165, 1.54) is 19.3 Å². The lowest BCUT2D eigenvalue weighted by atomic mass is 9.99. The number of hydrogen-bond acceptors (Lipinski definition) is 1. The maximum Gasteiger partial charge on any atom is 0.136 e. The first-order valence-corrected chi connectivity index (χ1v) is 5.35. The highest BCUT2D eigenvalue weighted by Crippen LogP contribution is 2.69. The zero-order valence-electron chi connectivity index (χ0n) is 7.62. The summed E-state index contributed by atoms with van der Waals surface area (Å²) in [5.41, 5.74) is 0. The van der Waals surface area contributed by atoms with E-state index >= 15 is 0 Å². The maximum atomic E-state index is 11.5. The van der Waals surface area contributed by atoms with Crippen molar-refractivity contribution in [1.82, 2.24) is 0 Å². The van der Waals surface area contributed by atoms with Crippen LogP contribution in [-0.4, -0.2) is 5.78 Å². The SMILES string of the molecule is CCC(=O)C1C2C3CCC(C3)C12. The van der Waals surface area contributed by atoms with Crippen molar-refractivity contribution in [3.8, 4) is 0 Å². The molecule has 0 aromatic rings. The lowest BCUT2D eigenvalue weighted by Crippen LogP contribution is -2.07. The summed E-state index contributed by atoms with van der Waals surface area (Å²) in [7, 11) is 0. The van der Waals surface area contributed by atoms with E-state index in [4.69, 9.17) is 0 Å². The second-order valence-electron chi connectivity index (χ2n) is 4.83. The molecule has 3 saturated carbocycles. The molecule has 3 rings (SSSR count). The normalized spacial score (nSPS) is 53.9. The van der Waals surface area contributed by atoms with E-state index in [1.807, 2.05) is 6.92 Å². The summed E-state index contributed by atoms with van der Waals surface area (Å²) in [5.74, 6) is 4.72. The van der Waals surface area contributed by atoms with Crippen molar-refractivity contribution in [3.05, 3.63) is 0 Å². The van der Waals surface area contributed by atoms with Gasteiger partial charge >= 0.3 is 0 Å². The lowest BCUT2D eigenvalue weighted by Gasteiger charge is -2.05. The second kappa shape index (κ2) is 2.12. The first-order valence-electron chi connectivity index (χ1n) is 5.35. The molecule has 0 aliphatic heterocycles. The molecule has 0 radical (unpaired) electrons. The first-order chi connectivity index (χ1) is 5.83. The van der Waals surface area contributed by atoms with E-state index in [0.717, 1.165) is 30.1 Å². The van der Waals surface area contributed by atoms with Gasteiger partial charge in [-0.25, -0.2) is 0 Å². The molecule has 1 heteroatoms. The molecular formula is C11H16O. The van der Waals surface area contributed by atoms with Crippen molar-refractivity contribution < 1.29 is 4.79 Å². The molecule has 0 saturated heterocycles. The van der Waals surface area contributed by atoms with Crippen LogP contribution in [0.1, 0.15) is 32.6 Å². The Morgan fingerprint density at radius 3 is 2.33 bits per heavy atom.